The highest BCUT2D eigenvalue weighted by molar-refractivity contribution is 8.00. The maximum atomic E-state index is 11.2. The van der Waals surface area contributed by atoms with E-state index in [1.165, 1.54) is 18.4 Å². The summed E-state index contributed by atoms with van der Waals surface area (Å²) in [6.07, 6.45) is 6.89. The number of nitrogens with zero attached hydrogens (tertiary/aromatic N) is 1. The SMILES string of the molecule is CCCCC1SC(O)(CCc2ccccn2)c2ccccc21. The summed E-state index contributed by atoms with van der Waals surface area (Å²) < 4.78 is 0. The molecule has 0 saturated carbocycles. The molecule has 0 bridgehead atoms. The molecule has 3 rings (SSSR count). The summed E-state index contributed by atoms with van der Waals surface area (Å²) >= 11 is 1.73. The molecule has 3 heteroatoms. The fraction of sp³-hybridized carbons (Fsp3) is 0.421. The maximum Gasteiger partial charge on any atom is 0.137 e. The number of hydrogen-bond acceptors (Lipinski definition) is 3. The molecular weight excluding hydrogens is 290 g/mol. The zero-order chi connectivity index (χ0) is 15.4. The molecule has 2 unspecified atom stereocenters. The fourth-order valence-corrected chi connectivity index (χ4v) is 4.76. The molecule has 2 nitrogen and oxygen atoms in total. The Balaban J connectivity index is 1.78. The lowest BCUT2D eigenvalue weighted by molar-refractivity contribution is 0.130. The first-order valence-electron chi connectivity index (χ1n) is 8.12. The standard InChI is InChI=1S/C19H23NOS/c1-2-3-11-18-16-9-4-5-10-17(16)19(21,22-18)13-12-15-8-6-7-14-20-15/h4-10,14,18,21H,2-3,11-13H2,1H3. The van der Waals surface area contributed by atoms with Gasteiger partial charge in [-0.15, -0.1) is 11.8 Å². The van der Waals surface area contributed by atoms with E-state index in [2.05, 4.69) is 30.1 Å². The highest BCUT2D eigenvalue weighted by Gasteiger charge is 2.42. The number of aryl methyl sites for hydroxylation is 1. The number of benzene rings is 1. The van der Waals surface area contributed by atoms with Gasteiger partial charge in [0.2, 0.25) is 0 Å². The zero-order valence-corrected chi connectivity index (χ0v) is 13.9. The van der Waals surface area contributed by atoms with Crippen molar-refractivity contribution in [2.75, 3.05) is 0 Å². The molecule has 1 N–H and O–H groups in total. The molecule has 22 heavy (non-hydrogen) atoms. The van der Waals surface area contributed by atoms with E-state index in [4.69, 9.17) is 0 Å². The summed E-state index contributed by atoms with van der Waals surface area (Å²) in [6.45, 7) is 2.22. The minimum Gasteiger partial charge on any atom is -0.375 e. The molecule has 2 heterocycles. The largest absolute Gasteiger partial charge is 0.375 e. The number of rotatable bonds is 6. The lowest BCUT2D eigenvalue weighted by Gasteiger charge is -2.23. The molecule has 0 amide bonds. The van der Waals surface area contributed by atoms with Crippen LogP contribution in [0.5, 0.6) is 0 Å². The van der Waals surface area contributed by atoms with Gasteiger partial charge in [-0.25, -0.2) is 0 Å². The van der Waals surface area contributed by atoms with Crippen LogP contribution in [0, 0.1) is 0 Å². The van der Waals surface area contributed by atoms with E-state index in [0.29, 0.717) is 11.7 Å². The second kappa shape index (κ2) is 6.84. The van der Waals surface area contributed by atoms with E-state index in [1.54, 1.807) is 11.8 Å². The number of thioether (sulfide) groups is 1. The van der Waals surface area contributed by atoms with Gasteiger partial charge < -0.3 is 5.11 Å². The van der Waals surface area contributed by atoms with Crippen LogP contribution < -0.4 is 0 Å². The number of fused-ring (bicyclic) bond motifs is 1. The van der Waals surface area contributed by atoms with Gasteiger partial charge >= 0.3 is 0 Å². The van der Waals surface area contributed by atoms with Gasteiger partial charge in [0, 0.05) is 17.1 Å². The van der Waals surface area contributed by atoms with Crippen molar-refractivity contribution >= 4 is 11.8 Å². The molecular formula is C19H23NOS. The molecule has 0 spiro atoms. The number of pyridine rings is 1. The summed E-state index contributed by atoms with van der Waals surface area (Å²) in [5.41, 5.74) is 3.48. The van der Waals surface area contributed by atoms with Crippen LogP contribution >= 0.6 is 11.8 Å². The van der Waals surface area contributed by atoms with Crippen LogP contribution in [0.4, 0.5) is 0 Å². The van der Waals surface area contributed by atoms with E-state index < -0.39 is 4.93 Å². The Labute approximate surface area is 137 Å². The molecule has 0 aliphatic carbocycles. The topological polar surface area (TPSA) is 33.1 Å². The summed E-state index contributed by atoms with van der Waals surface area (Å²) in [6, 6.07) is 14.4. The van der Waals surface area contributed by atoms with Gasteiger partial charge in [-0.2, -0.15) is 0 Å². The second-order valence-electron chi connectivity index (χ2n) is 5.94. The molecule has 2 aromatic rings. The van der Waals surface area contributed by atoms with Crippen molar-refractivity contribution in [3.8, 4) is 0 Å². The van der Waals surface area contributed by atoms with Crippen LogP contribution in [0.2, 0.25) is 0 Å². The molecule has 0 radical (unpaired) electrons. The number of aliphatic hydroxyl groups is 1. The number of aromatic nitrogens is 1. The normalized spacial score (nSPS) is 23.5. The van der Waals surface area contributed by atoms with Crippen molar-refractivity contribution < 1.29 is 5.11 Å². The van der Waals surface area contributed by atoms with E-state index in [0.717, 1.165) is 24.1 Å². The first-order valence-corrected chi connectivity index (χ1v) is 9.00. The van der Waals surface area contributed by atoms with Gasteiger partial charge in [0.05, 0.1) is 0 Å². The fourth-order valence-electron chi connectivity index (χ4n) is 3.14. The third kappa shape index (κ3) is 3.21. The average molecular weight is 313 g/mol. The molecule has 1 aromatic carbocycles. The number of unbranched alkanes of at least 4 members (excludes halogenated alkanes) is 1. The molecule has 1 aromatic heterocycles. The Kier molecular flexibility index (Phi) is 4.84. The van der Waals surface area contributed by atoms with Crippen molar-refractivity contribution in [1.29, 1.82) is 0 Å². The van der Waals surface area contributed by atoms with Gasteiger partial charge in [0.1, 0.15) is 4.93 Å². The Morgan fingerprint density at radius 1 is 1.18 bits per heavy atom. The smallest absolute Gasteiger partial charge is 0.137 e. The van der Waals surface area contributed by atoms with Crippen molar-refractivity contribution in [3.63, 3.8) is 0 Å². The Morgan fingerprint density at radius 2 is 2.00 bits per heavy atom. The van der Waals surface area contributed by atoms with Crippen LogP contribution in [-0.2, 0) is 11.4 Å². The summed E-state index contributed by atoms with van der Waals surface area (Å²) in [5.74, 6) is 0. The predicted molar refractivity (Wildman–Crippen MR) is 92.8 cm³/mol. The predicted octanol–water partition coefficient (Wildman–Crippen LogP) is 4.84. The highest BCUT2D eigenvalue weighted by Crippen LogP contribution is 2.56. The van der Waals surface area contributed by atoms with Crippen LogP contribution in [0.3, 0.4) is 0 Å². The van der Waals surface area contributed by atoms with E-state index >= 15 is 0 Å². The van der Waals surface area contributed by atoms with Crippen LogP contribution in [0.25, 0.3) is 0 Å². The first-order chi connectivity index (χ1) is 10.7. The quantitative estimate of drug-likeness (QED) is 0.828. The lowest BCUT2D eigenvalue weighted by Crippen LogP contribution is -2.19. The molecule has 116 valence electrons. The van der Waals surface area contributed by atoms with E-state index in [9.17, 15) is 5.11 Å². The van der Waals surface area contributed by atoms with Crippen LogP contribution in [-0.4, -0.2) is 10.1 Å². The van der Waals surface area contributed by atoms with Crippen molar-refractivity contribution in [1.82, 2.24) is 4.98 Å². The van der Waals surface area contributed by atoms with Crippen LogP contribution in [0.1, 0.15) is 54.7 Å². The Hall–Kier alpha value is -1.32. The van der Waals surface area contributed by atoms with Gasteiger partial charge in [0.25, 0.3) is 0 Å². The zero-order valence-electron chi connectivity index (χ0n) is 13.0. The van der Waals surface area contributed by atoms with Gasteiger partial charge in [0.15, 0.2) is 0 Å². The van der Waals surface area contributed by atoms with Crippen molar-refractivity contribution in [2.45, 2.75) is 49.2 Å². The van der Waals surface area contributed by atoms with Crippen molar-refractivity contribution in [2.24, 2.45) is 0 Å². The molecule has 0 saturated heterocycles. The minimum absolute atomic E-state index is 0.421. The van der Waals surface area contributed by atoms with Crippen LogP contribution in [0.15, 0.2) is 48.7 Å². The van der Waals surface area contributed by atoms with Gasteiger partial charge in [-0.1, -0.05) is 50.1 Å². The van der Waals surface area contributed by atoms with Crippen molar-refractivity contribution in [3.05, 3.63) is 65.5 Å². The summed E-state index contributed by atoms with van der Waals surface area (Å²) in [7, 11) is 0. The third-order valence-corrected chi connectivity index (χ3v) is 5.92. The molecule has 1 aliphatic heterocycles. The summed E-state index contributed by atoms with van der Waals surface area (Å²) in [5, 5.41) is 11.6. The summed E-state index contributed by atoms with van der Waals surface area (Å²) in [4.78, 5) is 3.60. The monoisotopic (exact) mass is 313 g/mol. The van der Waals surface area contributed by atoms with Gasteiger partial charge in [-0.3, -0.25) is 4.98 Å². The highest BCUT2D eigenvalue weighted by atomic mass is 32.2. The molecule has 0 fully saturated rings. The average Bonchev–Trinajstić information content (AvgIpc) is 2.86. The van der Waals surface area contributed by atoms with Gasteiger partial charge in [-0.05, 0) is 42.5 Å². The Bertz CT molecular complexity index is 616. The first kappa shape index (κ1) is 15.6. The second-order valence-corrected chi connectivity index (χ2v) is 7.42. The molecule has 2 atom stereocenters. The number of hydrogen-bond donors (Lipinski definition) is 1. The minimum atomic E-state index is -0.771. The lowest BCUT2D eigenvalue weighted by atomic mass is 9.95. The van der Waals surface area contributed by atoms with E-state index in [-0.39, 0.29) is 0 Å². The molecule has 1 aliphatic rings. The third-order valence-electron chi connectivity index (χ3n) is 4.33. The maximum absolute atomic E-state index is 11.2. The Morgan fingerprint density at radius 3 is 2.77 bits per heavy atom. The van der Waals surface area contributed by atoms with E-state index in [1.807, 2.05) is 30.5 Å².